The molecular formula is C13H19NO2S. The lowest BCUT2D eigenvalue weighted by molar-refractivity contribution is 0.533. The third-order valence-corrected chi connectivity index (χ3v) is 6.08. The highest BCUT2D eigenvalue weighted by atomic mass is 32.2. The van der Waals surface area contributed by atoms with Crippen molar-refractivity contribution in [3.63, 3.8) is 0 Å². The van der Waals surface area contributed by atoms with Crippen molar-refractivity contribution in [3.05, 3.63) is 23.3 Å². The molecule has 1 heterocycles. The van der Waals surface area contributed by atoms with Crippen molar-refractivity contribution in [2.75, 3.05) is 18.5 Å². The van der Waals surface area contributed by atoms with E-state index in [1.54, 1.807) is 13.8 Å². The Balaban J connectivity index is 2.84. The minimum Gasteiger partial charge on any atom is -0.372 e. The Labute approximate surface area is 103 Å². The maximum atomic E-state index is 12.6. The lowest BCUT2D eigenvalue weighted by Gasteiger charge is -2.39. The summed E-state index contributed by atoms with van der Waals surface area (Å²) in [6.07, 6.45) is 0. The van der Waals surface area contributed by atoms with E-state index in [1.165, 1.54) is 0 Å². The molecule has 2 rings (SSSR count). The number of benzene rings is 1. The van der Waals surface area contributed by atoms with Crippen LogP contribution in [-0.2, 0) is 9.84 Å². The molecule has 3 nitrogen and oxygen atoms in total. The molecule has 4 heteroatoms. The molecule has 17 heavy (non-hydrogen) atoms. The van der Waals surface area contributed by atoms with Gasteiger partial charge in [0.2, 0.25) is 0 Å². The van der Waals surface area contributed by atoms with E-state index in [0.717, 1.165) is 16.8 Å². The quantitative estimate of drug-likeness (QED) is 0.712. The summed E-state index contributed by atoms with van der Waals surface area (Å²) in [5, 5.41) is 0. The minimum atomic E-state index is -3.24. The molecule has 0 aliphatic carbocycles. The third kappa shape index (κ3) is 1.66. The zero-order valence-electron chi connectivity index (χ0n) is 11.0. The van der Waals surface area contributed by atoms with Crippen molar-refractivity contribution in [3.8, 4) is 0 Å². The topological polar surface area (TPSA) is 37.4 Å². The van der Waals surface area contributed by atoms with Crippen LogP contribution in [0.25, 0.3) is 0 Å². The molecule has 0 N–H and O–H groups in total. The van der Waals surface area contributed by atoms with Gasteiger partial charge < -0.3 is 4.90 Å². The van der Waals surface area contributed by atoms with Crippen LogP contribution < -0.4 is 4.90 Å². The number of rotatable bonds is 0. The number of fused-ring (bicyclic) bond motifs is 1. The van der Waals surface area contributed by atoms with Gasteiger partial charge >= 0.3 is 0 Å². The van der Waals surface area contributed by atoms with E-state index in [1.807, 2.05) is 37.9 Å². The molecule has 0 saturated carbocycles. The fourth-order valence-corrected chi connectivity index (χ4v) is 4.47. The zero-order chi connectivity index (χ0) is 13.0. The van der Waals surface area contributed by atoms with E-state index >= 15 is 0 Å². The summed E-state index contributed by atoms with van der Waals surface area (Å²) in [7, 11) is -1.29. The van der Waals surface area contributed by atoms with Crippen LogP contribution in [0.4, 0.5) is 5.69 Å². The van der Waals surface area contributed by atoms with Crippen LogP contribution in [0.15, 0.2) is 17.0 Å². The Kier molecular flexibility index (Phi) is 2.54. The lowest BCUT2D eigenvalue weighted by Crippen LogP contribution is -2.48. The summed E-state index contributed by atoms with van der Waals surface area (Å²) in [6, 6.07) is 3.89. The summed E-state index contributed by atoms with van der Waals surface area (Å²) in [5.41, 5.74) is 2.78. The fraction of sp³-hybridized carbons (Fsp3) is 0.538. The van der Waals surface area contributed by atoms with E-state index in [2.05, 4.69) is 0 Å². The molecule has 0 aromatic heterocycles. The third-order valence-electron chi connectivity index (χ3n) is 3.42. The highest BCUT2D eigenvalue weighted by Crippen LogP contribution is 2.40. The molecule has 0 radical (unpaired) electrons. The van der Waals surface area contributed by atoms with Gasteiger partial charge in [0, 0.05) is 13.6 Å². The molecule has 94 valence electrons. The van der Waals surface area contributed by atoms with E-state index in [9.17, 15) is 8.42 Å². The van der Waals surface area contributed by atoms with Gasteiger partial charge in [0.25, 0.3) is 0 Å². The van der Waals surface area contributed by atoms with Crippen molar-refractivity contribution < 1.29 is 8.42 Å². The van der Waals surface area contributed by atoms with Gasteiger partial charge in [-0.15, -0.1) is 0 Å². The summed E-state index contributed by atoms with van der Waals surface area (Å²) in [4.78, 5) is 2.54. The number of aryl methyl sites for hydroxylation is 2. The highest BCUT2D eigenvalue weighted by Gasteiger charge is 2.43. The molecule has 0 spiro atoms. The molecule has 1 aromatic rings. The molecule has 0 fully saturated rings. The lowest BCUT2D eigenvalue weighted by atomic mass is 10.1. The summed E-state index contributed by atoms with van der Waals surface area (Å²) in [5.74, 6) is 0. The molecular weight excluding hydrogens is 234 g/mol. The van der Waals surface area contributed by atoms with Gasteiger partial charge in [0.15, 0.2) is 9.84 Å². The van der Waals surface area contributed by atoms with Crippen LogP contribution >= 0.6 is 0 Å². The highest BCUT2D eigenvalue weighted by molar-refractivity contribution is 7.93. The van der Waals surface area contributed by atoms with Crippen LogP contribution in [-0.4, -0.2) is 26.8 Å². The first-order valence-electron chi connectivity index (χ1n) is 5.74. The number of anilines is 1. The first-order valence-corrected chi connectivity index (χ1v) is 7.22. The first-order chi connectivity index (χ1) is 7.67. The minimum absolute atomic E-state index is 0.502. The SMILES string of the molecule is Cc1cc(C)c2c(c1)N(C)CC(C)(C)S2(=O)=O. The summed E-state index contributed by atoms with van der Waals surface area (Å²) in [6.45, 7) is 7.99. The van der Waals surface area contributed by atoms with Crippen LogP contribution in [0.5, 0.6) is 0 Å². The van der Waals surface area contributed by atoms with E-state index in [0.29, 0.717) is 11.4 Å². The van der Waals surface area contributed by atoms with Gasteiger partial charge in [-0.3, -0.25) is 0 Å². The number of hydrogen-bond acceptors (Lipinski definition) is 3. The van der Waals surface area contributed by atoms with Gasteiger partial charge in [-0.05, 0) is 44.9 Å². The van der Waals surface area contributed by atoms with Crippen molar-refractivity contribution in [1.29, 1.82) is 0 Å². The largest absolute Gasteiger partial charge is 0.372 e. The van der Waals surface area contributed by atoms with Crippen molar-refractivity contribution in [1.82, 2.24) is 0 Å². The molecule has 0 saturated heterocycles. The van der Waals surface area contributed by atoms with Crippen molar-refractivity contribution in [2.45, 2.75) is 37.3 Å². The molecule has 1 aliphatic rings. The number of hydrogen-bond donors (Lipinski definition) is 0. The van der Waals surface area contributed by atoms with E-state index in [4.69, 9.17) is 0 Å². The second-order valence-corrected chi connectivity index (χ2v) is 8.07. The van der Waals surface area contributed by atoms with Crippen LogP contribution in [0.1, 0.15) is 25.0 Å². The first kappa shape index (κ1) is 12.4. The van der Waals surface area contributed by atoms with Crippen molar-refractivity contribution >= 4 is 15.5 Å². The van der Waals surface area contributed by atoms with Gasteiger partial charge in [0.05, 0.1) is 15.3 Å². The molecule has 0 amide bonds. The van der Waals surface area contributed by atoms with E-state index in [-0.39, 0.29) is 0 Å². The smallest absolute Gasteiger partial charge is 0.187 e. The predicted octanol–water partition coefficient (Wildman–Crippen LogP) is 2.31. The Morgan fingerprint density at radius 1 is 1.24 bits per heavy atom. The summed E-state index contributed by atoms with van der Waals surface area (Å²) < 4.78 is 24.4. The maximum absolute atomic E-state index is 12.6. The molecule has 0 unspecified atom stereocenters. The normalized spacial score (nSPS) is 21.1. The number of sulfone groups is 1. The van der Waals surface area contributed by atoms with Crippen LogP contribution in [0.2, 0.25) is 0 Å². The zero-order valence-corrected chi connectivity index (χ0v) is 11.9. The molecule has 1 aliphatic heterocycles. The van der Waals surface area contributed by atoms with Crippen molar-refractivity contribution in [2.24, 2.45) is 0 Å². The molecule has 0 atom stereocenters. The predicted molar refractivity (Wildman–Crippen MR) is 70.5 cm³/mol. The molecule has 0 bridgehead atoms. The standard InChI is InChI=1S/C13H19NO2S/c1-9-6-10(2)12-11(7-9)14(5)8-13(3,4)17(12,15)16/h6-7H,8H2,1-5H3. The Morgan fingerprint density at radius 3 is 2.41 bits per heavy atom. The second kappa shape index (κ2) is 3.48. The Bertz CT molecular complexity index is 573. The van der Waals surface area contributed by atoms with Gasteiger partial charge in [0.1, 0.15) is 0 Å². The second-order valence-electron chi connectivity index (χ2n) is 5.55. The Hall–Kier alpha value is -1.03. The average Bonchev–Trinajstić information content (AvgIpc) is 2.12. The van der Waals surface area contributed by atoms with Crippen LogP contribution in [0.3, 0.4) is 0 Å². The summed E-state index contributed by atoms with van der Waals surface area (Å²) >= 11 is 0. The van der Waals surface area contributed by atoms with Crippen LogP contribution in [0, 0.1) is 13.8 Å². The molecule has 1 aromatic carbocycles. The fourth-order valence-electron chi connectivity index (χ4n) is 2.58. The van der Waals surface area contributed by atoms with Gasteiger partial charge in [-0.2, -0.15) is 0 Å². The monoisotopic (exact) mass is 253 g/mol. The maximum Gasteiger partial charge on any atom is 0.187 e. The average molecular weight is 253 g/mol. The Morgan fingerprint density at radius 2 is 1.82 bits per heavy atom. The van der Waals surface area contributed by atoms with Gasteiger partial charge in [-0.1, -0.05) is 6.07 Å². The van der Waals surface area contributed by atoms with E-state index < -0.39 is 14.6 Å². The number of nitrogens with zero attached hydrogens (tertiary/aromatic N) is 1. The van der Waals surface area contributed by atoms with Gasteiger partial charge in [-0.25, -0.2) is 8.42 Å².